The molecule has 0 aliphatic carbocycles. The average Bonchev–Trinajstić information content (AvgIpc) is 2.81. The molecule has 0 aromatic heterocycles. The fraction of sp³-hybridized carbons (Fsp3) is 0.444. The fourth-order valence-corrected chi connectivity index (χ4v) is 4.78. The summed E-state index contributed by atoms with van der Waals surface area (Å²) in [5.41, 5.74) is 1.14. The van der Waals surface area contributed by atoms with Crippen LogP contribution in [0, 0.1) is 11.3 Å². The standard InChI is InChI=1S/C27H33ClN2O5/c1-17(2)24(29-23(31)15-35-21-7-5-6-19(14-21)26(33)34)25(32)30-13-12-22(27(3,4)16-30)18-8-10-20(28)11-9-18/h5-11,14,17,22,24H,12-13,15-16H2,1-4H3,(H,29,31)(H,33,34)/t22?,24-/m1/s1. The number of ether oxygens (including phenoxy) is 1. The summed E-state index contributed by atoms with van der Waals surface area (Å²) in [6.07, 6.45) is 0.822. The first-order valence-corrected chi connectivity index (χ1v) is 12.2. The highest BCUT2D eigenvalue weighted by atomic mass is 35.5. The van der Waals surface area contributed by atoms with E-state index in [2.05, 4.69) is 31.3 Å². The van der Waals surface area contributed by atoms with E-state index in [1.165, 1.54) is 17.7 Å². The van der Waals surface area contributed by atoms with Gasteiger partial charge < -0.3 is 20.1 Å². The normalized spacial score (nSPS) is 18.1. The Morgan fingerprint density at radius 1 is 1.17 bits per heavy atom. The molecule has 2 amide bonds. The van der Waals surface area contributed by atoms with E-state index < -0.39 is 17.9 Å². The van der Waals surface area contributed by atoms with Crippen LogP contribution in [-0.4, -0.2) is 53.5 Å². The van der Waals surface area contributed by atoms with Gasteiger partial charge in [0.2, 0.25) is 5.91 Å². The van der Waals surface area contributed by atoms with Gasteiger partial charge in [-0.3, -0.25) is 9.59 Å². The van der Waals surface area contributed by atoms with E-state index in [0.717, 1.165) is 6.42 Å². The Morgan fingerprint density at radius 2 is 1.86 bits per heavy atom. The van der Waals surface area contributed by atoms with Gasteiger partial charge in [0.15, 0.2) is 6.61 Å². The van der Waals surface area contributed by atoms with Gasteiger partial charge in [0, 0.05) is 18.1 Å². The summed E-state index contributed by atoms with van der Waals surface area (Å²) in [4.78, 5) is 39.0. The summed E-state index contributed by atoms with van der Waals surface area (Å²) in [6.45, 7) is 8.98. The Labute approximate surface area is 211 Å². The number of rotatable bonds is 8. The number of hydrogen-bond donors (Lipinski definition) is 2. The van der Waals surface area contributed by atoms with Crippen LogP contribution in [0.25, 0.3) is 0 Å². The number of benzene rings is 2. The number of carbonyl (C=O) groups is 3. The minimum Gasteiger partial charge on any atom is -0.484 e. The molecule has 7 nitrogen and oxygen atoms in total. The molecule has 1 heterocycles. The van der Waals surface area contributed by atoms with Crippen LogP contribution in [0.2, 0.25) is 5.02 Å². The van der Waals surface area contributed by atoms with Crippen molar-refractivity contribution in [1.82, 2.24) is 10.2 Å². The molecule has 1 aliphatic rings. The molecule has 2 aromatic rings. The van der Waals surface area contributed by atoms with Crippen molar-refractivity contribution in [3.05, 3.63) is 64.7 Å². The zero-order chi connectivity index (χ0) is 25.8. The number of nitrogens with one attached hydrogen (secondary N) is 1. The van der Waals surface area contributed by atoms with Crippen LogP contribution < -0.4 is 10.1 Å². The molecule has 1 saturated heterocycles. The zero-order valence-corrected chi connectivity index (χ0v) is 21.3. The molecule has 0 bridgehead atoms. The molecule has 3 rings (SSSR count). The molecule has 2 aromatic carbocycles. The van der Waals surface area contributed by atoms with Gasteiger partial charge in [-0.25, -0.2) is 4.79 Å². The van der Waals surface area contributed by atoms with Crippen LogP contribution >= 0.6 is 11.6 Å². The van der Waals surface area contributed by atoms with Crippen LogP contribution in [0.5, 0.6) is 5.75 Å². The molecule has 8 heteroatoms. The van der Waals surface area contributed by atoms with Crippen molar-refractivity contribution in [3.8, 4) is 5.75 Å². The Balaban J connectivity index is 1.62. The Bertz CT molecular complexity index is 1070. The van der Waals surface area contributed by atoms with Gasteiger partial charge >= 0.3 is 5.97 Å². The van der Waals surface area contributed by atoms with E-state index in [1.54, 1.807) is 12.1 Å². The summed E-state index contributed by atoms with van der Waals surface area (Å²) in [5.74, 6) is -1.16. The summed E-state index contributed by atoms with van der Waals surface area (Å²) in [7, 11) is 0. The van der Waals surface area contributed by atoms with Gasteiger partial charge in [-0.05, 0) is 59.6 Å². The highest BCUT2D eigenvalue weighted by Gasteiger charge is 2.40. The zero-order valence-electron chi connectivity index (χ0n) is 20.6. The Kier molecular flexibility index (Phi) is 8.43. The van der Waals surface area contributed by atoms with E-state index in [9.17, 15) is 14.4 Å². The molecule has 188 valence electrons. The monoisotopic (exact) mass is 500 g/mol. The van der Waals surface area contributed by atoms with E-state index in [4.69, 9.17) is 21.4 Å². The topological polar surface area (TPSA) is 95.9 Å². The van der Waals surface area contributed by atoms with E-state index in [0.29, 0.717) is 24.0 Å². The molecule has 1 fully saturated rings. The molecule has 0 spiro atoms. The Hall–Kier alpha value is -3.06. The van der Waals surface area contributed by atoms with Gasteiger partial charge in [0.1, 0.15) is 11.8 Å². The van der Waals surface area contributed by atoms with Crippen molar-refractivity contribution in [2.24, 2.45) is 11.3 Å². The van der Waals surface area contributed by atoms with Crippen LogP contribution in [0.4, 0.5) is 0 Å². The number of aromatic carboxylic acids is 1. The van der Waals surface area contributed by atoms with E-state index in [-0.39, 0.29) is 35.2 Å². The predicted molar refractivity (Wildman–Crippen MR) is 135 cm³/mol. The lowest BCUT2D eigenvalue weighted by molar-refractivity contribution is -0.141. The molecule has 0 radical (unpaired) electrons. The molecular formula is C27H33ClN2O5. The summed E-state index contributed by atoms with van der Waals surface area (Å²) in [5, 5.41) is 12.6. The SMILES string of the molecule is CC(C)[C@@H](NC(=O)COc1cccc(C(=O)O)c1)C(=O)N1CCC(c2ccc(Cl)cc2)C(C)(C)C1. The minimum absolute atomic E-state index is 0.0720. The molecule has 35 heavy (non-hydrogen) atoms. The summed E-state index contributed by atoms with van der Waals surface area (Å²) >= 11 is 6.05. The number of halogens is 1. The maximum atomic E-state index is 13.4. The number of amides is 2. The summed E-state index contributed by atoms with van der Waals surface area (Å²) in [6, 6.07) is 13.1. The fourth-order valence-electron chi connectivity index (χ4n) is 4.65. The second-order valence-electron chi connectivity index (χ2n) is 10.1. The number of likely N-dealkylation sites (tertiary alicyclic amines) is 1. The smallest absolute Gasteiger partial charge is 0.335 e. The van der Waals surface area contributed by atoms with Crippen molar-refractivity contribution < 1.29 is 24.2 Å². The highest BCUT2D eigenvalue weighted by molar-refractivity contribution is 6.30. The van der Waals surface area contributed by atoms with Crippen LogP contribution in [0.1, 0.15) is 56.0 Å². The first-order valence-electron chi connectivity index (χ1n) is 11.8. The van der Waals surface area contributed by atoms with Gasteiger partial charge in [-0.2, -0.15) is 0 Å². The first kappa shape index (κ1) is 26.5. The van der Waals surface area contributed by atoms with Crippen LogP contribution in [0.15, 0.2) is 48.5 Å². The van der Waals surface area contributed by atoms with Gasteiger partial charge in [-0.15, -0.1) is 0 Å². The van der Waals surface area contributed by atoms with Crippen molar-refractivity contribution in [2.45, 2.75) is 46.1 Å². The number of carboxylic acids is 1. The van der Waals surface area contributed by atoms with Crippen molar-refractivity contribution in [2.75, 3.05) is 19.7 Å². The molecule has 0 saturated carbocycles. The third-order valence-corrected chi connectivity index (χ3v) is 6.77. The van der Waals surface area contributed by atoms with Gasteiger partial charge in [0.05, 0.1) is 5.56 Å². The van der Waals surface area contributed by atoms with Crippen LogP contribution in [0.3, 0.4) is 0 Å². The average molecular weight is 501 g/mol. The van der Waals surface area contributed by atoms with Gasteiger partial charge in [-0.1, -0.05) is 57.5 Å². The second kappa shape index (κ2) is 11.1. The van der Waals surface area contributed by atoms with Crippen molar-refractivity contribution in [1.29, 1.82) is 0 Å². The van der Waals surface area contributed by atoms with E-state index in [1.807, 2.05) is 30.9 Å². The quantitative estimate of drug-likeness (QED) is 0.552. The number of nitrogens with zero attached hydrogens (tertiary/aromatic N) is 1. The third kappa shape index (κ3) is 6.75. The molecular weight excluding hydrogens is 468 g/mol. The molecule has 1 aliphatic heterocycles. The predicted octanol–water partition coefficient (Wildman–Crippen LogP) is 4.60. The van der Waals surface area contributed by atoms with Gasteiger partial charge in [0.25, 0.3) is 5.91 Å². The van der Waals surface area contributed by atoms with Crippen LogP contribution in [-0.2, 0) is 9.59 Å². The number of piperidine rings is 1. The van der Waals surface area contributed by atoms with E-state index >= 15 is 0 Å². The molecule has 1 unspecified atom stereocenters. The second-order valence-corrected chi connectivity index (χ2v) is 10.5. The molecule has 2 atom stereocenters. The largest absolute Gasteiger partial charge is 0.484 e. The third-order valence-electron chi connectivity index (χ3n) is 6.51. The lowest BCUT2D eigenvalue weighted by atomic mass is 9.70. The van der Waals surface area contributed by atoms with Crippen molar-refractivity contribution in [3.63, 3.8) is 0 Å². The first-order chi connectivity index (χ1) is 16.5. The number of carboxylic acid groups (broad SMARTS) is 1. The summed E-state index contributed by atoms with van der Waals surface area (Å²) < 4.78 is 5.46. The number of carbonyl (C=O) groups excluding carboxylic acids is 2. The maximum Gasteiger partial charge on any atom is 0.335 e. The highest BCUT2D eigenvalue weighted by Crippen LogP contribution is 2.42. The maximum absolute atomic E-state index is 13.4. The minimum atomic E-state index is -1.08. The van der Waals surface area contributed by atoms with Crippen molar-refractivity contribution >= 4 is 29.4 Å². The lowest BCUT2D eigenvalue weighted by Gasteiger charge is -2.45. The Morgan fingerprint density at radius 3 is 2.46 bits per heavy atom. The molecule has 2 N–H and O–H groups in total. The lowest BCUT2D eigenvalue weighted by Crippen LogP contribution is -2.56. The number of hydrogen-bond acceptors (Lipinski definition) is 4.